The van der Waals surface area contributed by atoms with Crippen LogP contribution in [0.5, 0.6) is 0 Å². The van der Waals surface area contributed by atoms with Gasteiger partial charge in [0.05, 0.1) is 30.5 Å². The molecule has 0 bridgehead atoms. The Bertz CT molecular complexity index is 1210. The molecule has 0 aromatic rings. The van der Waals surface area contributed by atoms with Crippen molar-refractivity contribution in [1.82, 2.24) is 9.80 Å². The van der Waals surface area contributed by atoms with Crippen LogP contribution in [0.3, 0.4) is 0 Å². The van der Waals surface area contributed by atoms with Crippen molar-refractivity contribution >= 4 is 0 Å². The quantitative estimate of drug-likeness (QED) is 0.311. The van der Waals surface area contributed by atoms with Crippen molar-refractivity contribution in [3.63, 3.8) is 0 Å². The lowest BCUT2D eigenvalue weighted by molar-refractivity contribution is -0.251. The fourth-order valence-corrected chi connectivity index (χ4v) is 14.7. The topological polar surface area (TPSA) is 63.6 Å². The molecule has 9 rings (SSSR count). The van der Waals surface area contributed by atoms with Crippen molar-refractivity contribution in [3.05, 3.63) is 0 Å². The smallest absolute Gasteiger partial charge is 0.170 e. The number of aliphatic hydroxyl groups is 1. The van der Waals surface area contributed by atoms with Crippen LogP contribution in [0.25, 0.3) is 0 Å². The molecular formula is C41H68N2O5. The van der Waals surface area contributed by atoms with E-state index in [1.807, 2.05) is 20.8 Å². The summed E-state index contributed by atoms with van der Waals surface area (Å²) in [6.45, 7) is 19.6. The number of nitrogens with zero attached hydrogens (tertiary/aromatic N) is 2. The summed E-state index contributed by atoms with van der Waals surface area (Å²) < 4.78 is 26.5. The largest absolute Gasteiger partial charge is 0.388 e. The second kappa shape index (κ2) is 11.6. The maximum Gasteiger partial charge on any atom is 0.170 e. The lowest BCUT2D eigenvalue weighted by atomic mass is 9.46. The zero-order valence-electron chi connectivity index (χ0n) is 31.3. The van der Waals surface area contributed by atoms with Crippen LogP contribution in [-0.4, -0.2) is 103 Å². The second-order valence-electron chi connectivity index (χ2n) is 20.0. The summed E-state index contributed by atoms with van der Waals surface area (Å²) in [5.41, 5.74) is 0.756. The van der Waals surface area contributed by atoms with Gasteiger partial charge in [0.15, 0.2) is 6.29 Å². The number of fused-ring (bicyclic) bond motifs is 4. The Balaban J connectivity index is 0.859. The maximum atomic E-state index is 11.0. The Labute approximate surface area is 291 Å². The summed E-state index contributed by atoms with van der Waals surface area (Å²) >= 11 is 0. The molecular weight excluding hydrogens is 600 g/mol. The second-order valence-corrected chi connectivity index (χ2v) is 20.0. The van der Waals surface area contributed by atoms with E-state index < -0.39 is 5.60 Å². The van der Waals surface area contributed by atoms with Gasteiger partial charge >= 0.3 is 0 Å². The van der Waals surface area contributed by atoms with E-state index in [9.17, 15) is 5.11 Å². The van der Waals surface area contributed by atoms with E-state index in [1.165, 1.54) is 90.1 Å². The minimum absolute atomic E-state index is 0.000961. The first-order valence-electron chi connectivity index (χ1n) is 20.6. The molecule has 7 nitrogen and oxygen atoms in total. The summed E-state index contributed by atoms with van der Waals surface area (Å²) in [5.74, 6) is 3.04. The number of rotatable bonds is 8. The predicted molar refractivity (Wildman–Crippen MR) is 186 cm³/mol. The van der Waals surface area contributed by atoms with E-state index in [1.54, 1.807) is 0 Å². The number of hydrogen-bond donors (Lipinski definition) is 1. The number of hydrogen-bond acceptors (Lipinski definition) is 7. The van der Waals surface area contributed by atoms with Gasteiger partial charge in [0, 0.05) is 44.9 Å². The number of ether oxygens (including phenoxy) is 4. The Morgan fingerprint density at radius 3 is 2.38 bits per heavy atom. The molecule has 3 saturated heterocycles. The van der Waals surface area contributed by atoms with E-state index in [4.69, 9.17) is 18.9 Å². The van der Waals surface area contributed by atoms with E-state index in [0.29, 0.717) is 47.0 Å². The highest BCUT2D eigenvalue weighted by molar-refractivity contribution is 5.29. The van der Waals surface area contributed by atoms with E-state index in [-0.39, 0.29) is 23.9 Å². The van der Waals surface area contributed by atoms with Gasteiger partial charge in [0.2, 0.25) is 0 Å². The van der Waals surface area contributed by atoms with Crippen molar-refractivity contribution in [2.45, 2.75) is 173 Å². The summed E-state index contributed by atoms with van der Waals surface area (Å²) in [4.78, 5) is 5.41. The molecule has 3 aliphatic heterocycles. The van der Waals surface area contributed by atoms with Gasteiger partial charge in [-0.1, -0.05) is 27.2 Å². The molecule has 9 aliphatic rings. The molecule has 3 heterocycles. The van der Waals surface area contributed by atoms with Gasteiger partial charge in [-0.25, -0.2) is 0 Å². The normalized spacial score (nSPS) is 49.8. The van der Waals surface area contributed by atoms with Crippen LogP contribution in [0.2, 0.25) is 0 Å². The van der Waals surface area contributed by atoms with Crippen LogP contribution in [0.4, 0.5) is 0 Å². The van der Waals surface area contributed by atoms with Crippen molar-refractivity contribution < 1.29 is 24.1 Å². The van der Waals surface area contributed by atoms with Gasteiger partial charge in [-0.3, -0.25) is 9.80 Å². The molecule has 1 N–H and O–H groups in total. The summed E-state index contributed by atoms with van der Waals surface area (Å²) in [6.07, 6.45) is 17.6. The fraction of sp³-hybridized carbons (Fsp3) is 1.00. The van der Waals surface area contributed by atoms with Gasteiger partial charge in [0.1, 0.15) is 6.10 Å². The van der Waals surface area contributed by atoms with Gasteiger partial charge in [-0.2, -0.15) is 0 Å². The Morgan fingerprint density at radius 2 is 1.65 bits per heavy atom. The SMILES string of the molecule is CCOC(C1CCC2C(CC3C4CCC5C(C)(C)C(OC6CN(C7CN(C8CCC8)C7)CCO6)CCC56CC46CCC23C)O1)C(C)(C)O. The average Bonchev–Trinajstić information content (AvgIpc) is 3.57. The minimum Gasteiger partial charge on any atom is -0.388 e. The molecule has 48 heavy (non-hydrogen) atoms. The van der Waals surface area contributed by atoms with E-state index in [2.05, 4.69) is 30.6 Å². The lowest BCUT2D eigenvalue weighted by Gasteiger charge is -2.60. The first kappa shape index (κ1) is 33.5. The third-order valence-corrected chi connectivity index (χ3v) is 17.3. The summed E-state index contributed by atoms with van der Waals surface area (Å²) in [7, 11) is 0. The van der Waals surface area contributed by atoms with Crippen LogP contribution in [-0.2, 0) is 18.9 Å². The molecule has 2 spiro atoms. The molecule has 12 atom stereocenters. The monoisotopic (exact) mass is 669 g/mol. The highest BCUT2D eigenvalue weighted by Gasteiger charge is 2.80. The van der Waals surface area contributed by atoms with Crippen molar-refractivity contribution in [3.8, 4) is 0 Å². The summed E-state index contributed by atoms with van der Waals surface area (Å²) in [5, 5.41) is 11.0. The Hall–Kier alpha value is -0.280. The van der Waals surface area contributed by atoms with Crippen LogP contribution >= 0.6 is 0 Å². The number of likely N-dealkylation sites (tertiary alicyclic amines) is 1. The van der Waals surface area contributed by atoms with Gasteiger partial charge < -0.3 is 24.1 Å². The molecule has 272 valence electrons. The zero-order chi connectivity index (χ0) is 33.3. The lowest BCUT2D eigenvalue weighted by Crippen LogP contribution is -2.66. The van der Waals surface area contributed by atoms with Crippen LogP contribution in [0, 0.1) is 45.3 Å². The third kappa shape index (κ3) is 4.89. The first-order valence-corrected chi connectivity index (χ1v) is 20.6. The molecule has 7 heteroatoms. The highest BCUT2D eigenvalue weighted by Crippen LogP contribution is 2.87. The minimum atomic E-state index is -0.892. The van der Waals surface area contributed by atoms with Crippen molar-refractivity contribution in [2.75, 3.05) is 39.4 Å². The Kier molecular flexibility index (Phi) is 8.11. The van der Waals surface area contributed by atoms with E-state index in [0.717, 1.165) is 49.9 Å². The summed E-state index contributed by atoms with van der Waals surface area (Å²) in [6, 6.07) is 1.57. The first-order chi connectivity index (χ1) is 22.9. The standard InChI is InChI=1S/C41H68N2O5/c1-7-45-36(38(4,5)44)31-13-11-29-32(47-31)21-30-28-12-14-33-37(2,3)34(15-16-41(33)25-40(28,41)18-17-39(29,30)6)48-35-24-42(19-20-46-35)27-22-43(23-27)26-9-8-10-26/h26-36,44H,7-25H2,1-6H3. The molecule has 0 radical (unpaired) electrons. The van der Waals surface area contributed by atoms with Gasteiger partial charge in [-0.15, -0.1) is 0 Å². The highest BCUT2D eigenvalue weighted by atomic mass is 16.7. The molecule has 9 fully saturated rings. The van der Waals surface area contributed by atoms with Gasteiger partial charge in [0.25, 0.3) is 0 Å². The molecule has 0 aromatic heterocycles. The maximum absolute atomic E-state index is 11.0. The third-order valence-electron chi connectivity index (χ3n) is 17.3. The van der Waals surface area contributed by atoms with Crippen LogP contribution < -0.4 is 0 Å². The molecule has 0 amide bonds. The predicted octanol–water partition coefficient (Wildman–Crippen LogP) is 6.65. The molecule has 6 aliphatic carbocycles. The average molecular weight is 669 g/mol. The van der Waals surface area contributed by atoms with Crippen LogP contribution in [0.15, 0.2) is 0 Å². The fourth-order valence-electron chi connectivity index (χ4n) is 14.7. The molecule has 0 aromatic carbocycles. The molecule has 6 saturated carbocycles. The Morgan fingerprint density at radius 1 is 0.854 bits per heavy atom. The number of morpholine rings is 1. The molecule has 12 unspecified atom stereocenters. The van der Waals surface area contributed by atoms with Gasteiger partial charge in [-0.05, 0) is 143 Å². The van der Waals surface area contributed by atoms with Crippen molar-refractivity contribution in [1.29, 1.82) is 0 Å². The van der Waals surface area contributed by atoms with Crippen LogP contribution in [0.1, 0.15) is 125 Å². The zero-order valence-corrected chi connectivity index (χ0v) is 31.3. The van der Waals surface area contributed by atoms with Crippen molar-refractivity contribution in [2.24, 2.45) is 45.3 Å². The van der Waals surface area contributed by atoms with E-state index >= 15 is 0 Å².